The van der Waals surface area contributed by atoms with Crippen molar-refractivity contribution in [2.45, 2.75) is 25.2 Å². The van der Waals surface area contributed by atoms with E-state index in [1.54, 1.807) is 0 Å². The molecule has 1 amide bonds. The average Bonchev–Trinajstić information content (AvgIpc) is 3.07. The number of thiocarbonyl (C=S) groups is 1. The second-order valence-electron chi connectivity index (χ2n) is 5.73. The summed E-state index contributed by atoms with van der Waals surface area (Å²) >= 11 is 4.71. The van der Waals surface area contributed by atoms with E-state index in [1.165, 1.54) is 4.90 Å². The fourth-order valence-electron chi connectivity index (χ4n) is 2.42. The highest BCUT2D eigenvalue weighted by Gasteiger charge is 2.37. The zero-order valence-corrected chi connectivity index (χ0v) is 14.4. The Kier molecular flexibility index (Phi) is 5.97. The van der Waals surface area contributed by atoms with Gasteiger partial charge in [0.1, 0.15) is 4.99 Å². The van der Waals surface area contributed by atoms with Crippen LogP contribution >= 0.6 is 12.2 Å². The number of hydrazone groups is 1. The van der Waals surface area contributed by atoms with E-state index in [-0.39, 0.29) is 6.07 Å². The minimum atomic E-state index is -5.00. The number of rotatable bonds is 4. The van der Waals surface area contributed by atoms with Crippen molar-refractivity contribution in [2.75, 3.05) is 18.5 Å². The maximum absolute atomic E-state index is 12.9. The first-order valence-corrected chi connectivity index (χ1v) is 8.02. The van der Waals surface area contributed by atoms with Crippen molar-refractivity contribution in [2.24, 2.45) is 10.8 Å². The van der Waals surface area contributed by atoms with Crippen LogP contribution in [0.5, 0.6) is 0 Å². The fourth-order valence-corrected chi connectivity index (χ4v) is 2.55. The number of nitrogens with two attached hydrogens (primary N) is 1. The number of amides is 1. The molecule has 3 N–H and O–H groups in total. The van der Waals surface area contributed by atoms with Gasteiger partial charge in [0, 0.05) is 13.1 Å². The second kappa shape index (κ2) is 7.71. The van der Waals surface area contributed by atoms with Gasteiger partial charge in [-0.3, -0.25) is 10.2 Å². The summed E-state index contributed by atoms with van der Waals surface area (Å²) < 4.78 is 77.2. The van der Waals surface area contributed by atoms with Crippen molar-refractivity contribution < 1.29 is 31.1 Å². The molecule has 1 aromatic carbocycles. The molecule has 0 unspecified atom stereocenters. The van der Waals surface area contributed by atoms with E-state index >= 15 is 0 Å². The maximum Gasteiger partial charge on any atom is 0.416 e. The predicted molar refractivity (Wildman–Crippen MR) is 90.1 cm³/mol. The normalized spacial score (nSPS) is 15.8. The van der Waals surface area contributed by atoms with Crippen molar-refractivity contribution in [1.29, 1.82) is 0 Å². The molecule has 0 spiro atoms. The number of halogens is 6. The lowest BCUT2D eigenvalue weighted by molar-refractivity contribution is -0.143. The van der Waals surface area contributed by atoms with Gasteiger partial charge < -0.3 is 10.6 Å². The molecule has 2 rings (SSSR count). The van der Waals surface area contributed by atoms with Crippen LogP contribution in [0, 0.1) is 0 Å². The van der Waals surface area contributed by atoms with Crippen LogP contribution in [0.3, 0.4) is 0 Å². The summed E-state index contributed by atoms with van der Waals surface area (Å²) in [6, 6.07) is 0.866. The van der Waals surface area contributed by atoms with Gasteiger partial charge in [-0.25, -0.2) is 0 Å². The molecule has 1 fully saturated rings. The maximum atomic E-state index is 12.9. The number of carbonyl (C=O) groups excluding carboxylic acids is 1. The predicted octanol–water partition coefficient (Wildman–Crippen LogP) is 3.40. The lowest BCUT2D eigenvalue weighted by atomic mass is 10.1. The molecule has 1 saturated heterocycles. The number of hydrogen-bond donors (Lipinski definition) is 2. The monoisotopic (exact) mass is 412 g/mol. The summed E-state index contributed by atoms with van der Waals surface area (Å²) in [6.45, 7) is 0.866. The molecule has 1 aromatic rings. The van der Waals surface area contributed by atoms with Gasteiger partial charge in [-0.1, -0.05) is 12.2 Å². The zero-order chi connectivity index (χ0) is 20.4. The van der Waals surface area contributed by atoms with Gasteiger partial charge in [0.2, 0.25) is 0 Å². The van der Waals surface area contributed by atoms with Crippen LogP contribution in [0.25, 0.3) is 0 Å². The van der Waals surface area contributed by atoms with Crippen molar-refractivity contribution in [3.8, 4) is 0 Å². The van der Waals surface area contributed by atoms with Crippen molar-refractivity contribution in [3.05, 3.63) is 29.3 Å². The summed E-state index contributed by atoms with van der Waals surface area (Å²) in [6.07, 6.45) is -8.49. The van der Waals surface area contributed by atoms with Crippen molar-refractivity contribution >= 4 is 34.5 Å². The SMILES string of the molecule is NC(=S)/C(=N\Nc1cc(C(F)(F)F)cc(C(F)(F)F)c1)C(=O)N1CCCC1. The molecule has 0 atom stereocenters. The van der Waals surface area contributed by atoms with Gasteiger partial charge in [0.15, 0.2) is 5.71 Å². The lowest BCUT2D eigenvalue weighted by Gasteiger charge is -2.17. The highest BCUT2D eigenvalue weighted by Crippen LogP contribution is 2.37. The topological polar surface area (TPSA) is 70.7 Å². The molecule has 12 heteroatoms. The highest BCUT2D eigenvalue weighted by molar-refractivity contribution is 7.82. The van der Waals surface area contributed by atoms with Gasteiger partial charge in [0.25, 0.3) is 5.91 Å². The molecule has 0 saturated carbocycles. The molecule has 5 nitrogen and oxygen atoms in total. The standard InChI is InChI=1S/C15H14F6N4OS/c16-14(17,18)8-5-9(15(19,20)21)7-10(6-8)23-24-11(12(22)27)13(26)25-3-1-2-4-25/h5-7,23H,1-4H2,(H2,22,27)/b24-11+. The molecule has 0 aromatic heterocycles. The smallest absolute Gasteiger partial charge is 0.388 e. The third-order valence-corrected chi connectivity index (χ3v) is 3.91. The zero-order valence-electron chi connectivity index (χ0n) is 13.6. The minimum Gasteiger partial charge on any atom is -0.388 e. The molecular formula is C15H14F6N4OS. The van der Waals surface area contributed by atoms with Crippen LogP contribution in [0.2, 0.25) is 0 Å². The Morgan fingerprint density at radius 2 is 1.52 bits per heavy atom. The van der Waals surface area contributed by atoms with Gasteiger partial charge in [0.05, 0.1) is 16.8 Å². The number of benzene rings is 1. The Labute approximate surface area is 155 Å². The van der Waals surface area contributed by atoms with Gasteiger partial charge in [-0.15, -0.1) is 0 Å². The van der Waals surface area contributed by atoms with E-state index in [0.29, 0.717) is 25.2 Å². The minimum absolute atomic E-state index is 0.0151. The van der Waals surface area contributed by atoms with E-state index in [2.05, 4.69) is 5.10 Å². The molecule has 1 heterocycles. The van der Waals surface area contributed by atoms with Gasteiger partial charge >= 0.3 is 12.4 Å². The molecule has 0 bridgehead atoms. The Balaban J connectivity index is 2.37. The van der Waals surface area contributed by atoms with Crippen LogP contribution in [-0.4, -0.2) is 34.6 Å². The van der Waals surface area contributed by atoms with E-state index in [4.69, 9.17) is 18.0 Å². The van der Waals surface area contributed by atoms with Crippen LogP contribution < -0.4 is 11.2 Å². The summed E-state index contributed by atoms with van der Waals surface area (Å²) in [5.74, 6) is -0.643. The number of likely N-dealkylation sites (tertiary alicyclic amines) is 1. The third-order valence-electron chi connectivity index (χ3n) is 3.71. The fraction of sp³-hybridized carbons (Fsp3) is 0.400. The first-order chi connectivity index (χ1) is 12.4. The first-order valence-electron chi connectivity index (χ1n) is 7.62. The van der Waals surface area contributed by atoms with Crippen molar-refractivity contribution in [1.82, 2.24) is 4.90 Å². The number of hydrogen-bond acceptors (Lipinski definition) is 4. The molecule has 27 heavy (non-hydrogen) atoms. The summed E-state index contributed by atoms with van der Waals surface area (Å²) in [5, 5.41) is 3.56. The van der Waals surface area contributed by atoms with E-state index < -0.39 is 45.8 Å². The number of alkyl halides is 6. The first kappa shape index (κ1) is 20.9. The average molecular weight is 412 g/mol. The van der Waals surface area contributed by atoms with E-state index in [1.807, 2.05) is 5.43 Å². The molecule has 1 aliphatic rings. The number of anilines is 1. The largest absolute Gasteiger partial charge is 0.416 e. The van der Waals surface area contributed by atoms with E-state index in [9.17, 15) is 31.1 Å². The highest BCUT2D eigenvalue weighted by atomic mass is 32.1. The molecule has 0 radical (unpaired) electrons. The number of nitrogens with zero attached hydrogens (tertiary/aromatic N) is 2. The molecule has 1 aliphatic heterocycles. The van der Waals surface area contributed by atoms with Gasteiger partial charge in [-0.05, 0) is 31.0 Å². The molecular weight excluding hydrogens is 398 g/mol. The van der Waals surface area contributed by atoms with Crippen LogP contribution in [-0.2, 0) is 17.1 Å². The Bertz CT molecular complexity index is 736. The Morgan fingerprint density at radius 1 is 1.04 bits per heavy atom. The van der Waals surface area contributed by atoms with Crippen LogP contribution in [0.4, 0.5) is 32.0 Å². The quantitative estimate of drug-likeness (QED) is 0.344. The Morgan fingerprint density at radius 3 is 1.93 bits per heavy atom. The lowest BCUT2D eigenvalue weighted by Crippen LogP contribution is -2.40. The van der Waals surface area contributed by atoms with E-state index in [0.717, 1.165) is 12.8 Å². The number of nitrogens with one attached hydrogen (secondary N) is 1. The summed E-state index contributed by atoms with van der Waals surface area (Å²) in [5.41, 5.74) is 3.36. The summed E-state index contributed by atoms with van der Waals surface area (Å²) in [4.78, 5) is 13.3. The van der Waals surface area contributed by atoms with Crippen LogP contribution in [0.1, 0.15) is 24.0 Å². The Hall–Kier alpha value is -2.37. The third kappa shape index (κ3) is 5.31. The number of carbonyl (C=O) groups is 1. The van der Waals surface area contributed by atoms with Crippen LogP contribution in [0.15, 0.2) is 23.3 Å². The van der Waals surface area contributed by atoms with Gasteiger partial charge in [-0.2, -0.15) is 31.4 Å². The summed E-state index contributed by atoms with van der Waals surface area (Å²) in [7, 11) is 0. The molecule has 148 valence electrons. The van der Waals surface area contributed by atoms with Crippen molar-refractivity contribution in [3.63, 3.8) is 0 Å². The second-order valence-corrected chi connectivity index (χ2v) is 6.17. The molecule has 0 aliphatic carbocycles.